The van der Waals surface area contributed by atoms with E-state index in [2.05, 4.69) is 4.98 Å². The molecule has 106 valence electrons. The third-order valence-electron chi connectivity index (χ3n) is 2.83. The van der Waals surface area contributed by atoms with Crippen molar-refractivity contribution in [3.05, 3.63) is 54.0 Å². The van der Waals surface area contributed by atoms with Crippen LogP contribution >= 0.6 is 0 Å². The van der Waals surface area contributed by atoms with Crippen LogP contribution in [0.1, 0.15) is 5.56 Å². The lowest BCUT2D eigenvalue weighted by molar-refractivity contribution is 0.455. The molecular weight excluding hydrogens is 281 g/mol. The summed E-state index contributed by atoms with van der Waals surface area (Å²) in [4.78, 5) is 3.60. The van der Waals surface area contributed by atoms with E-state index in [-0.39, 0.29) is 6.54 Å². The molecule has 0 amide bonds. The summed E-state index contributed by atoms with van der Waals surface area (Å²) in [5.41, 5.74) is 6.90. The van der Waals surface area contributed by atoms with Gasteiger partial charge in [0.05, 0.1) is 0 Å². The van der Waals surface area contributed by atoms with Crippen LogP contribution in [0.3, 0.4) is 0 Å². The number of hydrogen-bond donors (Lipinski definition) is 1. The normalized spacial score (nSPS) is 11.8. The monoisotopic (exact) mass is 295 g/mol. The van der Waals surface area contributed by atoms with E-state index in [4.69, 9.17) is 5.73 Å². The van der Waals surface area contributed by atoms with Crippen molar-refractivity contribution in [1.29, 1.82) is 0 Å². The minimum Gasteiger partial charge on any atom is -0.398 e. The molecule has 0 saturated carbocycles. The number of nitrogens with zero attached hydrogens (tertiary/aromatic N) is 2. The molecule has 0 fully saturated rings. The Hall–Kier alpha value is -1.99. The van der Waals surface area contributed by atoms with Crippen molar-refractivity contribution in [3.8, 4) is 0 Å². The summed E-state index contributed by atoms with van der Waals surface area (Å²) in [5.74, 6) is -0.875. The maximum atomic E-state index is 13.6. The van der Waals surface area contributed by atoms with Crippen LogP contribution in [0.5, 0.6) is 0 Å². The molecule has 0 spiro atoms. The molecule has 0 aliphatic heterocycles. The fourth-order valence-corrected chi connectivity index (χ4v) is 2.82. The summed E-state index contributed by atoms with van der Waals surface area (Å²) in [5, 5.41) is -0.586. The number of benzene rings is 1. The van der Waals surface area contributed by atoms with E-state index in [0.717, 1.165) is 10.4 Å². The van der Waals surface area contributed by atoms with Gasteiger partial charge in [0.2, 0.25) is 5.03 Å². The van der Waals surface area contributed by atoms with Crippen molar-refractivity contribution in [2.75, 3.05) is 12.8 Å². The van der Waals surface area contributed by atoms with Gasteiger partial charge in [0.25, 0.3) is 10.0 Å². The van der Waals surface area contributed by atoms with Gasteiger partial charge >= 0.3 is 0 Å². The van der Waals surface area contributed by atoms with Crippen LogP contribution < -0.4 is 5.73 Å². The number of nitrogen functional groups attached to an aromatic ring is 1. The number of hydrogen-bond acceptors (Lipinski definition) is 4. The van der Waals surface area contributed by atoms with E-state index in [1.165, 1.54) is 19.3 Å². The predicted molar refractivity (Wildman–Crippen MR) is 73.7 cm³/mol. The van der Waals surface area contributed by atoms with Crippen LogP contribution in [-0.4, -0.2) is 24.8 Å². The number of halogens is 1. The van der Waals surface area contributed by atoms with Crippen molar-refractivity contribution in [2.24, 2.45) is 0 Å². The van der Waals surface area contributed by atoms with Crippen LogP contribution in [0, 0.1) is 5.82 Å². The number of para-hydroxylation sites is 1. The summed E-state index contributed by atoms with van der Waals surface area (Å²) in [6.45, 7) is 0.0466. The molecule has 1 aromatic carbocycles. The first-order valence-corrected chi connectivity index (χ1v) is 7.27. The number of anilines is 1. The first-order chi connectivity index (χ1) is 9.43. The molecule has 5 nitrogen and oxygen atoms in total. The quantitative estimate of drug-likeness (QED) is 0.870. The molecule has 0 atom stereocenters. The first kappa shape index (κ1) is 14.4. The molecule has 2 N–H and O–H groups in total. The van der Waals surface area contributed by atoms with E-state index in [1.54, 1.807) is 24.3 Å². The number of pyridine rings is 1. The lowest BCUT2D eigenvalue weighted by Gasteiger charge is -2.17. The Bertz CT molecular complexity index is 719. The van der Waals surface area contributed by atoms with Gasteiger partial charge < -0.3 is 5.73 Å². The second kappa shape index (κ2) is 5.56. The van der Waals surface area contributed by atoms with Crippen LogP contribution in [0.4, 0.5) is 10.1 Å². The Labute approximate surface area is 116 Å². The SMILES string of the molecule is CN(Cc1ccccc1N)S(=O)(=O)c1ncccc1F. The minimum absolute atomic E-state index is 0.0466. The van der Waals surface area contributed by atoms with Gasteiger partial charge in [-0.25, -0.2) is 17.8 Å². The van der Waals surface area contributed by atoms with Crippen LogP contribution in [-0.2, 0) is 16.6 Å². The van der Waals surface area contributed by atoms with Crippen molar-refractivity contribution < 1.29 is 12.8 Å². The Morgan fingerprint density at radius 1 is 1.25 bits per heavy atom. The summed E-state index contributed by atoms with van der Waals surface area (Å²) in [6, 6.07) is 9.31. The van der Waals surface area contributed by atoms with E-state index < -0.39 is 20.9 Å². The van der Waals surface area contributed by atoms with Crippen LogP contribution in [0.25, 0.3) is 0 Å². The highest BCUT2D eigenvalue weighted by Gasteiger charge is 2.26. The summed E-state index contributed by atoms with van der Waals surface area (Å²) < 4.78 is 39.1. The minimum atomic E-state index is -3.99. The second-order valence-electron chi connectivity index (χ2n) is 4.25. The van der Waals surface area contributed by atoms with Gasteiger partial charge in [-0.15, -0.1) is 0 Å². The highest BCUT2D eigenvalue weighted by Crippen LogP contribution is 2.19. The average molecular weight is 295 g/mol. The van der Waals surface area contributed by atoms with Gasteiger partial charge in [0.1, 0.15) is 0 Å². The van der Waals surface area contributed by atoms with Gasteiger partial charge in [-0.1, -0.05) is 18.2 Å². The van der Waals surface area contributed by atoms with Crippen molar-refractivity contribution >= 4 is 15.7 Å². The number of rotatable bonds is 4. The molecule has 7 heteroatoms. The summed E-state index contributed by atoms with van der Waals surface area (Å²) in [7, 11) is -2.64. The highest BCUT2D eigenvalue weighted by molar-refractivity contribution is 7.89. The molecule has 1 heterocycles. The highest BCUT2D eigenvalue weighted by atomic mass is 32.2. The lowest BCUT2D eigenvalue weighted by Crippen LogP contribution is -2.28. The van der Waals surface area contributed by atoms with Gasteiger partial charge in [-0.2, -0.15) is 4.31 Å². The number of nitrogens with two attached hydrogens (primary N) is 1. The first-order valence-electron chi connectivity index (χ1n) is 5.83. The van der Waals surface area contributed by atoms with Crippen molar-refractivity contribution in [2.45, 2.75) is 11.6 Å². The van der Waals surface area contributed by atoms with Gasteiger partial charge in [0, 0.05) is 25.5 Å². The third kappa shape index (κ3) is 2.78. The standard InChI is InChI=1S/C13H14FN3O2S/c1-17(9-10-5-2-3-7-12(10)15)20(18,19)13-11(14)6-4-8-16-13/h2-8H,9,15H2,1H3. The smallest absolute Gasteiger partial charge is 0.263 e. The van der Waals surface area contributed by atoms with Gasteiger partial charge in [-0.05, 0) is 23.8 Å². The predicted octanol–water partition coefficient (Wildman–Crippen LogP) is 1.62. The molecule has 1 aromatic heterocycles. The summed E-state index contributed by atoms with van der Waals surface area (Å²) in [6.07, 6.45) is 1.24. The Kier molecular flexibility index (Phi) is 4.01. The third-order valence-corrected chi connectivity index (χ3v) is 4.57. The molecule has 0 aliphatic rings. The Morgan fingerprint density at radius 3 is 2.60 bits per heavy atom. The molecule has 0 unspecified atom stereocenters. The maximum Gasteiger partial charge on any atom is 0.263 e. The van der Waals surface area contributed by atoms with E-state index >= 15 is 0 Å². The zero-order valence-electron chi connectivity index (χ0n) is 10.8. The summed E-state index contributed by atoms with van der Waals surface area (Å²) >= 11 is 0. The largest absolute Gasteiger partial charge is 0.398 e. The van der Waals surface area contributed by atoms with Gasteiger partial charge in [0.15, 0.2) is 5.82 Å². The Morgan fingerprint density at radius 2 is 1.95 bits per heavy atom. The Balaban J connectivity index is 2.31. The molecule has 2 rings (SSSR count). The molecule has 0 bridgehead atoms. The number of aromatic nitrogens is 1. The van der Waals surface area contributed by atoms with Crippen LogP contribution in [0.15, 0.2) is 47.6 Å². The molecule has 0 aliphatic carbocycles. The maximum absolute atomic E-state index is 13.6. The topological polar surface area (TPSA) is 76.3 Å². The fraction of sp³-hybridized carbons (Fsp3) is 0.154. The molecule has 2 aromatic rings. The van der Waals surface area contributed by atoms with E-state index in [0.29, 0.717) is 11.3 Å². The van der Waals surface area contributed by atoms with E-state index in [9.17, 15) is 12.8 Å². The second-order valence-corrected chi connectivity index (χ2v) is 6.21. The van der Waals surface area contributed by atoms with Crippen molar-refractivity contribution in [3.63, 3.8) is 0 Å². The average Bonchev–Trinajstić information content (AvgIpc) is 2.41. The lowest BCUT2D eigenvalue weighted by atomic mass is 10.2. The number of sulfonamides is 1. The zero-order chi connectivity index (χ0) is 14.8. The van der Waals surface area contributed by atoms with Crippen molar-refractivity contribution in [1.82, 2.24) is 9.29 Å². The zero-order valence-corrected chi connectivity index (χ0v) is 11.6. The van der Waals surface area contributed by atoms with E-state index in [1.807, 2.05) is 0 Å². The molecular formula is C13H14FN3O2S. The molecule has 0 saturated heterocycles. The van der Waals surface area contributed by atoms with Crippen LogP contribution in [0.2, 0.25) is 0 Å². The van der Waals surface area contributed by atoms with Gasteiger partial charge in [-0.3, -0.25) is 0 Å². The molecule has 20 heavy (non-hydrogen) atoms. The molecule has 0 radical (unpaired) electrons. The fourth-order valence-electron chi connectivity index (χ4n) is 1.71.